The molecule has 26 heavy (non-hydrogen) atoms. The van der Waals surface area contributed by atoms with E-state index >= 15 is 0 Å². The van der Waals surface area contributed by atoms with Crippen molar-refractivity contribution in [2.75, 3.05) is 5.32 Å². The van der Waals surface area contributed by atoms with Crippen molar-refractivity contribution in [1.82, 2.24) is 10.3 Å². The zero-order valence-corrected chi connectivity index (χ0v) is 15.4. The van der Waals surface area contributed by atoms with Gasteiger partial charge >= 0.3 is 0 Å². The number of halogens is 1. The Labute approximate surface area is 158 Å². The first-order valence-corrected chi connectivity index (χ1v) is 8.91. The van der Waals surface area contributed by atoms with Crippen molar-refractivity contribution < 1.29 is 9.21 Å². The summed E-state index contributed by atoms with van der Waals surface area (Å²) >= 11 is 7.19. The molecule has 0 saturated carbocycles. The van der Waals surface area contributed by atoms with Crippen LogP contribution in [0.25, 0.3) is 11.5 Å². The molecule has 3 aromatic rings. The third-order valence-electron chi connectivity index (χ3n) is 3.25. The van der Waals surface area contributed by atoms with Gasteiger partial charge in [0.05, 0.1) is 6.54 Å². The minimum Gasteiger partial charge on any atom is -0.458 e. The first-order chi connectivity index (χ1) is 12.5. The molecule has 0 bridgehead atoms. The highest BCUT2D eigenvalue weighted by Gasteiger charge is 2.10. The molecule has 0 fully saturated rings. The van der Waals surface area contributed by atoms with E-state index in [1.807, 2.05) is 5.38 Å². The van der Waals surface area contributed by atoms with Gasteiger partial charge in [-0.3, -0.25) is 4.79 Å². The van der Waals surface area contributed by atoms with E-state index in [2.05, 4.69) is 20.6 Å². The standard InChI is InChI=1S/C17H16ClN5O2S/c1-10(24)20-8-13-6-7-15(25-13)14-9-26-17(22-14)23-16(19)21-12-4-2-11(18)3-5-12/h2-7,9H,8H2,1H3,(H,20,24)(H3,19,21,22,23). The lowest BCUT2D eigenvalue weighted by Gasteiger charge is -2.04. The van der Waals surface area contributed by atoms with Gasteiger partial charge < -0.3 is 20.8 Å². The van der Waals surface area contributed by atoms with E-state index in [9.17, 15) is 4.79 Å². The number of furan rings is 1. The monoisotopic (exact) mass is 389 g/mol. The van der Waals surface area contributed by atoms with E-state index in [-0.39, 0.29) is 11.9 Å². The summed E-state index contributed by atoms with van der Waals surface area (Å²) in [7, 11) is 0. The van der Waals surface area contributed by atoms with Crippen LogP contribution in [-0.2, 0) is 11.3 Å². The predicted molar refractivity (Wildman–Crippen MR) is 104 cm³/mol. The second-order valence-corrected chi connectivity index (χ2v) is 6.59. The summed E-state index contributed by atoms with van der Waals surface area (Å²) in [5.74, 6) is 1.36. The summed E-state index contributed by atoms with van der Waals surface area (Å²) in [6.45, 7) is 1.79. The number of aromatic nitrogens is 1. The highest BCUT2D eigenvalue weighted by Crippen LogP contribution is 2.28. The van der Waals surface area contributed by atoms with Gasteiger partial charge in [-0.1, -0.05) is 11.6 Å². The van der Waals surface area contributed by atoms with Crippen LogP contribution in [0.4, 0.5) is 10.8 Å². The number of amides is 1. The van der Waals surface area contributed by atoms with Gasteiger partial charge in [-0.05, 0) is 36.4 Å². The van der Waals surface area contributed by atoms with Crippen LogP contribution in [0.15, 0.2) is 51.2 Å². The van der Waals surface area contributed by atoms with Crippen LogP contribution in [0.2, 0.25) is 5.02 Å². The molecule has 2 aromatic heterocycles. The second-order valence-electron chi connectivity index (χ2n) is 5.32. The van der Waals surface area contributed by atoms with Crippen LogP contribution in [0.5, 0.6) is 0 Å². The number of nitrogens with one attached hydrogen (secondary N) is 2. The maximum atomic E-state index is 10.9. The van der Waals surface area contributed by atoms with Crippen LogP contribution in [0, 0.1) is 0 Å². The number of nitrogens with zero attached hydrogens (tertiary/aromatic N) is 2. The smallest absolute Gasteiger partial charge is 0.217 e. The average Bonchev–Trinajstić information content (AvgIpc) is 3.24. The normalized spacial score (nSPS) is 11.4. The highest BCUT2D eigenvalue weighted by molar-refractivity contribution is 7.13. The number of hydrogen-bond acceptors (Lipinski definition) is 5. The van der Waals surface area contributed by atoms with Crippen molar-refractivity contribution in [2.24, 2.45) is 10.7 Å². The third kappa shape index (κ3) is 4.84. The van der Waals surface area contributed by atoms with Crippen molar-refractivity contribution in [2.45, 2.75) is 13.5 Å². The predicted octanol–water partition coefficient (Wildman–Crippen LogP) is 3.75. The van der Waals surface area contributed by atoms with Crippen molar-refractivity contribution in [3.05, 3.63) is 52.6 Å². The fourth-order valence-corrected chi connectivity index (χ4v) is 2.88. The lowest BCUT2D eigenvalue weighted by molar-refractivity contribution is -0.119. The Hall–Kier alpha value is -2.84. The van der Waals surface area contributed by atoms with E-state index in [4.69, 9.17) is 21.8 Å². The summed E-state index contributed by atoms with van der Waals surface area (Å²) in [6, 6.07) is 10.7. The number of aliphatic imine (C=N–C) groups is 1. The summed E-state index contributed by atoms with van der Waals surface area (Å²) in [5, 5.41) is 8.62. The number of anilines is 1. The van der Waals surface area contributed by atoms with Crippen molar-refractivity contribution in [3.8, 4) is 11.5 Å². The molecule has 0 spiro atoms. The van der Waals surface area contributed by atoms with E-state index < -0.39 is 0 Å². The molecule has 4 N–H and O–H groups in total. The topological polar surface area (TPSA) is 106 Å². The molecule has 0 atom stereocenters. The second kappa shape index (κ2) is 8.03. The Kier molecular flexibility index (Phi) is 5.55. The van der Waals surface area contributed by atoms with Gasteiger partial charge in [0.2, 0.25) is 17.0 Å². The number of carbonyl (C=O) groups excluding carboxylic acids is 1. The summed E-state index contributed by atoms with van der Waals surface area (Å²) < 4.78 is 5.67. The Balaban J connectivity index is 1.67. The van der Waals surface area contributed by atoms with Crippen molar-refractivity contribution in [3.63, 3.8) is 0 Å². The number of thiazole rings is 1. The van der Waals surface area contributed by atoms with Gasteiger partial charge in [-0.15, -0.1) is 11.3 Å². The Bertz CT molecular complexity index is 933. The van der Waals surface area contributed by atoms with E-state index in [0.717, 1.165) is 5.69 Å². The van der Waals surface area contributed by atoms with E-state index in [1.54, 1.807) is 36.4 Å². The first-order valence-electron chi connectivity index (χ1n) is 7.65. The molecule has 2 heterocycles. The number of carbonyl (C=O) groups is 1. The molecule has 9 heteroatoms. The highest BCUT2D eigenvalue weighted by atomic mass is 35.5. The Morgan fingerprint density at radius 3 is 2.81 bits per heavy atom. The minimum atomic E-state index is -0.114. The number of benzene rings is 1. The molecule has 0 aliphatic carbocycles. The van der Waals surface area contributed by atoms with Crippen LogP contribution in [-0.4, -0.2) is 16.9 Å². The minimum absolute atomic E-state index is 0.114. The van der Waals surface area contributed by atoms with Gasteiger partial charge in [0, 0.05) is 23.0 Å². The summed E-state index contributed by atoms with van der Waals surface area (Å²) in [6.07, 6.45) is 0. The first kappa shape index (κ1) is 18.0. The quantitative estimate of drug-likeness (QED) is 0.455. The lowest BCUT2D eigenvalue weighted by atomic mass is 10.3. The van der Waals surface area contributed by atoms with Crippen molar-refractivity contribution in [1.29, 1.82) is 0 Å². The third-order valence-corrected chi connectivity index (χ3v) is 4.24. The van der Waals surface area contributed by atoms with E-state index in [0.29, 0.717) is 33.9 Å². The van der Waals surface area contributed by atoms with Gasteiger partial charge in [0.1, 0.15) is 11.5 Å². The fourth-order valence-electron chi connectivity index (χ4n) is 2.06. The molecule has 3 rings (SSSR count). The molecule has 0 radical (unpaired) electrons. The van der Waals surface area contributed by atoms with Crippen LogP contribution >= 0.6 is 22.9 Å². The SMILES string of the molecule is CC(=O)NCc1ccc(-c2csc(/N=C(\N)Nc3ccc(Cl)cc3)n2)o1. The molecule has 0 aliphatic heterocycles. The molecule has 1 amide bonds. The van der Waals surface area contributed by atoms with Gasteiger partial charge in [0.25, 0.3) is 0 Å². The van der Waals surface area contributed by atoms with Crippen LogP contribution < -0.4 is 16.4 Å². The molecule has 1 aromatic carbocycles. The molecule has 0 aliphatic rings. The van der Waals surface area contributed by atoms with Crippen molar-refractivity contribution >= 4 is 45.6 Å². The zero-order valence-electron chi connectivity index (χ0n) is 13.8. The van der Waals surface area contributed by atoms with Gasteiger partial charge in [-0.2, -0.15) is 4.99 Å². The molecule has 134 valence electrons. The summed E-state index contributed by atoms with van der Waals surface area (Å²) in [4.78, 5) is 19.6. The number of hydrogen-bond donors (Lipinski definition) is 3. The van der Waals surface area contributed by atoms with Crippen LogP contribution in [0.1, 0.15) is 12.7 Å². The lowest BCUT2D eigenvalue weighted by Crippen LogP contribution is -2.21. The van der Waals surface area contributed by atoms with E-state index in [1.165, 1.54) is 18.3 Å². The number of nitrogens with two attached hydrogens (primary N) is 1. The number of guanidine groups is 1. The Morgan fingerprint density at radius 1 is 1.31 bits per heavy atom. The maximum Gasteiger partial charge on any atom is 0.217 e. The van der Waals surface area contributed by atoms with Gasteiger partial charge in [-0.25, -0.2) is 4.98 Å². The molecule has 0 saturated heterocycles. The molecular weight excluding hydrogens is 374 g/mol. The van der Waals surface area contributed by atoms with Crippen LogP contribution in [0.3, 0.4) is 0 Å². The Morgan fingerprint density at radius 2 is 2.08 bits per heavy atom. The number of rotatable bonds is 5. The fraction of sp³-hybridized carbons (Fsp3) is 0.118. The van der Waals surface area contributed by atoms with Gasteiger partial charge in [0.15, 0.2) is 5.76 Å². The molecule has 7 nitrogen and oxygen atoms in total. The average molecular weight is 390 g/mol. The maximum absolute atomic E-state index is 10.9. The molecular formula is C17H16ClN5O2S. The zero-order chi connectivity index (χ0) is 18.5. The molecule has 0 unspecified atom stereocenters. The summed E-state index contributed by atoms with van der Waals surface area (Å²) in [5.41, 5.74) is 7.34. The largest absolute Gasteiger partial charge is 0.458 e.